The molecule has 0 aliphatic rings. The Kier molecular flexibility index (Phi) is 3.08. The van der Waals surface area contributed by atoms with Crippen LogP contribution in [0.15, 0.2) is 34.4 Å². The molecule has 3 aromatic heterocycles. The van der Waals surface area contributed by atoms with E-state index in [0.29, 0.717) is 12.8 Å². The third kappa shape index (κ3) is 2.26. The van der Waals surface area contributed by atoms with Gasteiger partial charge in [0, 0.05) is 17.3 Å². The fourth-order valence-corrected chi connectivity index (χ4v) is 2.79. The Morgan fingerprint density at radius 1 is 1.58 bits per heavy atom. The lowest BCUT2D eigenvalue weighted by Crippen LogP contribution is -2.02. The van der Waals surface area contributed by atoms with Crippen molar-refractivity contribution in [2.45, 2.75) is 12.8 Å². The highest BCUT2D eigenvalue weighted by atomic mass is 32.1. The third-order valence-electron chi connectivity index (χ3n) is 2.87. The number of imidazole rings is 1. The molecule has 0 aliphatic heterocycles. The van der Waals surface area contributed by atoms with Gasteiger partial charge in [0.2, 0.25) is 0 Å². The average Bonchev–Trinajstić information content (AvgIpc) is 3.11. The van der Waals surface area contributed by atoms with Crippen LogP contribution in [-0.4, -0.2) is 22.5 Å². The molecule has 0 bridgehead atoms. The number of thiazole rings is 1. The van der Waals surface area contributed by atoms with Gasteiger partial charge >= 0.3 is 5.97 Å². The van der Waals surface area contributed by atoms with Crippen molar-refractivity contribution >= 4 is 22.3 Å². The van der Waals surface area contributed by atoms with Crippen molar-refractivity contribution in [2.75, 3.05) is 7.11 Å². The first-order chi connectivity index (χ1) is 9.28. The molecule has 0 aromatic carbocycles. The number of nitrogens with zero attached hydrogens (tertiary/aromatic N) is 2. The third-order valence-corrected chi connectivity index (χ3v) is 3.76. The van der Waals surface area contributed by atoms with E-state index in [0.717, 1.165) is 22.1 Å². The Labute approximate surface area is 113 Å². The highest BCUT2D eigenvalue weighted by Crippen LogP contribution is 2.24. The topological polar surface area (TPSA) is 56.7 Å². The summed E-state index contributed by atoms with van der Waals surface area (Å²) in [5.41, 5.74) is 1.85. The molecule has 0 fully saturated rings. The highest BCUT2D eigenvalue weighted by molar-refractivity contribution is 7.15. The normalized spacial score (nSPS) is 11.0. The van der Waals surface area contributed by atoms with E-state index in [1.54, 1.807) is 17.6 Å². The summed E-state index contributed by atoms with van der Waals surface area (Å²) in [6.07, 6.45) is 4.56. The molecule has 3 rings (SSSR count). The predicted octanol–water partition coefficient (Wildman–Crippen LogP) is 2.76. The van der Waals surface area contributed by atoms with Crippen molar-refractivity contribution in [1.82, 2.24) is 9.38 Å². The van der Waals surface area contributed by atoms with Crippen LogP contribution in [0.5, 0.6) is 0 Å². The fourth-order valence-electron chi connectivity index (χ4n) is 1.88. The standard InChI is InChI=1S/C13H12N2O3S/c1-17-12(16)5-4-9-8-19-13-14-10(7-15(9)13)11-3-2-6-18-11/h2-3,6-8H,4-5H2,1H3. The Morgan fingerprint density at radius 3 is 3.21 bits per heavy atom. The molecule has 0 saturated carbocycles. The Balaban J connectivity index is 1.88. The predicted molar refractivity (Wildman–Crippen MR) is 71.1 cm³/mol. The minimum absolute atomic E-state index is 0.203. The van der Waals surface area contributed by atoms with Crippen molar-refractivity contribution in [3.63, 3.8) is 0 Å². The van der Waals surface area contributed by atoms with Gasteiger partial charge in [-0.1, -0.05) is 0 Å². The average molecular weight is 276 g/mol. The number of hydrogen-bond acceptors (Lipinski definition) is 5. The van der Waals surface area contributed by atoms with E-state index >= 15 is 0 Å². The molecule has 0 aliphatic carbocycles. The van der Waals surface area contributed by atoms with Crippen molar-refractivity contribution in [2.24, 2.45) is 0 Å². The van der Waals surface area contributed by atoms with Crippen molar-refractivity contribution in [3.8, 4) is 11.5 Å². The number of carbonyl (C=O) groups is 1. The number of esters is 1. The van der Waals surface area contributed by atoms with Gasteiger partial charge in [-0.3, -0.25) is 9.20 Å². The maximum atomic E-state index is 11.2. The molecule has 0 radical (unpaired) electrons. The maximum absolute atomic E-state index is 11.2. The van der Waals surface area contributed by atoms with E-state index in [9.17, 15) is 4.79 Å². The number of ether oxygens (including phenoxy) is 1. The lowest BCUT2D eigenvalue weighted by Gasteiger charge is -1.98. The molecule has 0 amide bonds. The zero-order valence-corrected chi connectivity index (χ0v) is 11.1. The van der Waals surface area contributed by atoms with Crippen LogP contribution in [0, 0.1) is 0 Å². The summed E-state index contributed by atoms with van der Waals surface area (Å²) in [5.74, 6) is 0.542. The molecule has 98 valence electrons. The Morgan fingerprint density at radius 2 is 2.47 bits per heavy atom. The molecule has 3 heterocycles. The van der Waals surface area contributed by atoms with E-state index < -0.39 is 0 Å². The van der Waals surface area contributed by atoms with Crippen LogP contribution in [0.3, 0.4) is 0 Å². The van der Waals surface area contributed by atoms with E-state index in [1.807, 2.05) is 28.1 Å². The monoisotopic (exact) mass is 276 g/mol. The fraction of sp³-hybridized carbons (Fsp3) is 0.231. The number of aromatic nitrogens is 2. The second-order valence-electron chi connectivity index (χ2n) is 4.06. The molecule has 6 heteroatoms. The van der Waals surface area contributed by atoms with Gasteiger partial charge in [0.15, 0.2) is 10.7 Å². The van der Waals surface area contributed by atoms with Crippen LogP contribution < -0.4 is 0 Å². The summed E-state index contributed by atoms with van der Waals surface area (Å²) in [6, 6.07) is 3.71. The largest absolute Gasteiger partial charge is 0.469 e. The van der Waals surface area contributed by atoms with Gasteiger partial charge in [-0.25, -0.2) is 4.98 Å². The molecular formula is C13H12N2O3S. The van der Waals surface area contributed by atoms with Crippen molar-refractivity contribution < 1.29 is 13.9 Å². The van der Waals surface area contributed by atoms with Crippen LogP contribution in [0.2, 0.25) is 0 Å². The first kappa shape index (κ1) is 12.0. The van der Waals surface area contributed by atoms with Crippen LogP contribution in [0.25, 0.3) is 16.4 Å². The number of fused-ring (bicyclic) bond motifs is 1. The quantitative estimate of drug-likeness (QED) is 0.687. The number of carbonyl (C=O) groups excluding carboxylic acids is 1. The van der Waals surface area contributed by atoms with Crippen LogP contribution >= 0.6 is 11.3 Å². The van der Waals surface area contributed by atoms with E-state index in [2.05, 4.69) is 9.72 Å². The van der Waals surface area contributed by atoms with Gasteiger partial charge < -0.3 is 9.15 Å². The summed E-state index contributed by atoms with van der Waals surface area (Å²) in [7, 11) is 1.40. The Hall–Kier alpha value is -2.08. The van der Waals surface area contributed by atoms with E-state index in [4.69, 9.17) is 4.42 Å². The summed E-state index contributed by atoms with van der Waals surface area (Å²) < 4.78 is 12.0. The summed E-state index contributed by atoms with van der Waals surface area (Å²) in [6.45, 7) is 0. The number of methoxy groups -OCH3 is 1. The number of hydrogen-bond donors (Lipinski definition) is 0. The first-order valence-electron chi connectivity index (χ1n) is 5.84. The van der Waals surface area contributed by atoms with Gasteiger partial charge in [0.1, 0.15) is 5.69 Å². The summed E-state index contributed by atoms with van der Waals surface area (Å²) >= 11 is 1.55. The van der Waals surface area contributed by atoms with Gasteiger partial charge in [-0.15, -0.1) is 11.3 Å². The smallest absolute Gasteiger partial charge is 0.305 e. The number of furan rings is 1. The van der Waals surface area contributed by atoms with E-state index in [1.165, 1.54) is 7.11 Å². The minimum atomic E-state index is -0.203. The van der Waals surface area contributed by atoms with Gasteiger partial charge in [0.25, 0.3) is 0 Å². The summed E-state index contributed by atoms with van der Waals surface area (Å²) in [4.78, 5) is 16.6. The summed E-state index contributed by atoms with van der Waals surface area (Å²) in [5, 5.41) is 2.01. The van der Waals surface area contributed by atoms with Crippen LogP contribution in [0.4, 0.5) is 0 Å². The van der Waals surface area contributed by atoms with E-state index in [-0.39, 0.29) is 5.97 Å². The highest BCUT2D eigenvalue weighted by Gasteiger charge is 2.12. The molecular weight excluding hydrogens is 264 g/mol. The van der Waals surface area contributed by atoms with Gasteiger partial charge in [-0.2, -0.15) is 0 Å². The lowest BCUT2D eigenvalue weighted by molar-refractivity contribution is -0.140. The second kappa shape index (κ2) is 4.89. The minimum Gasteiger partial charge on any atom is -0.469 e. The molecule has 5 nitrogen and oxygen atoms in total. The van der Waals surface area contributed by atoms with Crippen molar-refractivity contribution in [1.29, 1.82) is 0 Å². The second-order valence-corrected chi connectivity index (χ2v) is 4.90. The maximum Gasteiger partial charge on any atom is 0.305 e. The zero-order valence-electron chi connectivity index (χ0n) is 10.3. The first-order valence-corrected chi connectivity index (χ1v) is 6.72. The molecule has 0 atom stereocenters. The molecule has 19 heavy (non-hydrogen) atoms. The van der Waals surface area contributed by atoms with Gasteiger partial charge in [0.05, 0.1) is 19.8 Å². The Bertz CT molecular complexity index is 697. The number of aryl methyl sites for hydroxylation is 1. The lowest BCUT2D eigenvalue weighted by atomic mass is 10.2. The molecule has 0 N–H and O–H groups in total. The SMILES string of the molecule is COC(=O)CCc1csc2nc(-c3ccco3)cn12. The number of rotatable bonds is 4. The van der Waals surface area contributed by atoms with Crippen LogP contribution in [0.1, 0.15) is 12.1 Å². The van der Waals surface area contributed by atoms with Gasteiger partial charge in [-0.05, 0) is 18.6 Å². The molecule has 0 spiro atoms. The van der Waals surface area contributed by atoms with Crippen molar-refractivity contribution in [3.05, 3.63) is 35.7 Å². The molecule has 3 aromatic rings. The zero-order chi connectivity index (χ0) is 13.2. The molecule has 0 saturated heterocycles. The van der Waals surface area contributed by atoms with Crippen LogP contribution in [-0.2, 0) is 16.0 Å². The molecule has 0 unspecified atom stereocenters.